The highest BCUT2D eigenvalue weighted by molar-refractivity contribution is 5.78. The predicted molar refractivity (Wildman–Crippen MR) is 101 cm³/mol. The van der Waals surface area contributed by atoms with Gasteiger partial charge in [0.1, 0.15) is 0 Å². The molecule has 1 fully saturated rings. The van der Waals surface area contributed by atoms with Gasteiger partial charge in [0.25, 0.3) is 0 Å². The number of rotatable bonds is 2. The van der Waals surface area contributed by atoms with Gasteiger partial charge >= 0.3 is 6.09 Å². The maximum atomic E-state index is 12.1. The number of likely N-dealkylation sites (tertiary alicyclic amines) is 1. The smallest absolute Gasteiger partial charge is 0.415 e. The molecule has 0 saturated carbocycles. The highest BCUT2D eigenvalue weighted by Gasteiger charge is 2.23. The second kappa shape index (κ2) is 6.90. The van der Waals surface area contributed by atoms with E-state index in [0.717, 1.165) is 18.4 Å². The van der Waals surface area contributed by atoms with Gasteiger partial charge < -0.3 is 19.8 Å². The fourth-order valence-corrected chi connectivity index (χ4v) is 3.08. The van der Waals surface area contributed by atoms with Gasteiger partial charge in [-0.3, -0.25) is 0 Å². The molecule has 0 aromatic heterocycles. The molecule has 0 unspecified atom stereocenters. The van der Waals surface area contributed by atoms with Gasteiger partial charge in [0, 0.05) is 18.7 Å². The molecule has 2 N–H and O–H groups in total. The summed E-state index contributed by atoms with van der Waals surface area (Å²) in [5.41, 5.74) is 2.49. The molecule has 2 aromatic rings. The Kier molecular flexibility index (Phi) is 4.81. The van der Waals surface area contributed by atoms with Crippen molar-refractivity contribution in [1.29, 1.82) is 0 Å². The average molecular weight is 355 g/mol. The van der Waals surface area contributed by atoms with Crippen LogP contribution in [0, 0.1) is 0 Å². The number of nitrogens with zero attached hydrogens (tertiary/aromatic N) is 1. The first-order valence-corrected chi connectivity index (χ1v) is 8.90. The number of carbonyl (C=O) groups is 1. The maximum absolute atomic E-state index is 12.1. The van der Waals surface area contributed by atoms with Crippen molar-refractivity contribution >= 4 is 6.09 Å². The summed E-state index contributed by atoms with van der Waals surface area (Å²) >= 11 is 0. The molecular weight excluding hydrogens is 330 g/mol. The van der Waals surface area contributed by atoms with E-state index in [2.05, 4.69) is 20.8 Å². The Morgan fingerprint density at radius 1 is 0.962 bits per heavy atom. The number of carbonyl (C=O) groups excluding carboxylic acids is 1. The molecule has 0 radical (unpaired) electrons. The number of ether oxygens (including phenoxy) is 1. The van der Waals surface area contributed by atoms with E-state index in [0.29, 0.717) is 18.7 Å². The van der Waals surface area contributed by atoms with Crippen molar-refractivity contribution < 1.29 is 19.7 Å². The van der Waals surface area contributed by atoms with Crippen molar-refractivity contribution in [3.63, 3.8) is 0 Å². The van der Waals surface area contributed by atoms with Crippen molar-refractivity contribution in [3.8, 4) is 28.4 Å². The van der Waals surface area contributed by atoms with Crippen molar-refractivity contribution in [2.24, 2.45) is 0 Å². The summed E-state index contributed by atoms with van der Waals surface area (Å²) in [5, 5.41) is 20.7. The van der Waals surface area contributed by atoms with E-state index in [1.54, 1.807) is 11.0 Å². The monoisotopic (exact) mass is 355 g/mol. The third-order valence-corrected chi connectivity index (χ3v) is 4.74. The number of benzene rings is 2. The highest BCUT2D eigenvalue weighted by Crippen LogP contribution is 2.43. The lowest BCUT2D eigenvalue weighted by molar-refractivity contribution is 0.161. The van der Waals surface area contributed by atoms with Crippen LogP contribution in [0.1, 0.15) is 39.2 Å². The summed E-state index contributed by atoms with van der Waals surface area (Å²) < 4.78 is 5.24. The maximum Gasteiger partial charge on any atom is 0.415 e. The van der Waals surface area contributed by atoms with Gasteiger partial charge in [-0.05, 0) is 41.5 Å². The largest absolute Gasteiger partial charge is 0.504 e. The first-order chi connectivity index (χ1) is 12.3. The molecule has 0 aliphatic carbocycles. The summed E-state index contributed by atoms with van der Waals surface area (Å²) in [4.78, 5) is 13.7. The zero-order valence-electron chi connectivity index (χ0n) is 15.5. The second-order valence-electron chi connectivity index (χ2n) is 7.70. The SMILES string of the molecule is CC(C)(C)c1ccc(-c2ccc(OC(=O)N3CCCC3)c(O)c2O)cc1. The van der Waals surface area contributed by atoms with Crippen molar-refractivity contribution in [2.75, 3.05) is 13.1 Å². The lowest BCUT2D eigenvalue weighted by Gasteiger charge is -2.19. The van der Waals surface area contributed by atoms with E-state index >= 15 is 0 Å². The number of aromatic hydroxyl groups is 2. The molecule has 5 nitrogen and oxygen atoms in total. The quantitative estimate of drug-likeness (QED) is 0.769. The molecule has 138 valence electrons. The number of hydrogen-bond donors (Lipinski definition) is 2. The minimum absolute atomic E-state index is 0.0329. The van der Waals surface area contributed by atoms with Crippen LogP contribution in [0.3, 0.4) is 0 Å². The molecule has 26 heavy (non-hydrogen) atoms. The number of phenolic OH excluding ortho intramolecular Hbond substituents is 2. The molecule has 0 atom stereocenters. The fourth-order valence-electron chi connectivity index (χ4n) is 3.08. The molecule has 0 spiro atoms. The van der Waals surface area contributed by atoms with Gasteiger partial charge in [-0.1, -0.05) is 45.0 Å². The van der Waals surface area contributed by atoms with Gasteiger partial charge in [0.05, 0.1) is 0 Å². The van der Waals surface area contributed by atoms with E-state index in [-0.39, 0.29) is 16.9 Å². The predicted octanol–water partition coefficient (Wildman–Crippen LogP) is 4.66. The van der Waals surface area contributed by atoms with Crippen LogP contribution in [0.25, 0.3) is 11.1 Å². The normalized spacial score (nSPS) is 14.5. The fraction of sp³-hybridized carbons (Fsp3) is 0.381. The summed E-state index contributed by atoms with van der Waals surface area (Å²) in [6.45, 7) is 7.71. The minimum Gasteiger partial charge on any atom is -0.504 e. The van der Waals surface area contributed by atoms with E-state index in [4.69, 9.17) is 4.74 Å². The van der Waals surface area contributed by atoms with Crippen LogP contribution in [-0.2, 0) is 5.41 Å². The first-order valence-electron chi connectivity index (χ1n) is 8.90. The topological polar surface area (TPSA) is 70.0 Å². The Hall–Kier alpha value is -2.69. The zero-order valence-corrected chi connectivity index (χ0v) is 15.5. The highest BCUT2D eigenvalue weighted by atomic mass is 16.6. The van der Waals surface area contributed by atoms with Crippen molar-refractivity contribution in [1.82, 2.24) is 4.90 Å². The van der Waals surface area contributed by atoms with Gasteiger partial charge in [-0.2, -0.15) is 0 Å². The van der Waals surface area contributed by atoms with Gasteiger partial charge in [-0.25, -0.2) is 4.79 Å². The Morgan fingerprint density at radius 2 is 1.58 bits per heavy atom. The van der Waals surface area contributed by atoms with Crippen LogP contribution < -0.4 is 4.74 Å². The molecule has 0 bridgehead atoms. The summed E-state index contributed by atoms with van der Waals surface area (Å²) in [7, 11) is 0. The molecule has 1 saturated heterocycles. The Balaban J connectivity index is 1.84. The van der Waals surface area contributed by atoms with Crippen LogP contribution in [-0.4, -0.2) is 34.3 Å². The first kappa shape index (κ1) is 18.1. The van der Waals surface area contributed by atoms with E-state index in [9.17, 15) is 15.0 Å². The van der Waals surface area contributed by atoms with Gasteiger partial charge in [0.15, 0.2) is 11.5 Å². The van der Waals surface area contributed by atoms with Crippen LogP contribution in [0.4, 0.5) is 4.79 Å². The third-order valence-electron chi connectivity index (χ3n) is 4.74. The lowest BCUT2D eigenvalue weighted by atomic mass is 9.86. The van der Waals surface area contributed by atoms with E-state index in [1.165, 1.54) is 11.6 Å². The van der Waals surface area contributed by atoms with Crippen LogP contribution in [0.15, 0.2) is 36.4 Å². The Morgan fingerprint density at radius 3 is 2.15 bits per heavy atom. The van der Waals surface area contributed by atoms with Crippen molar-refractivity contribution in [2.45, 2.75) is 39.0 Å². The second-order valence-corrected chi connectivity index (χ2v) is 7.70. The van der Waals surface area contributed by atoms with E-state index in [1.807, 2.05) is 24.3 Å². The average Bonchev–Trinajstić information content (AvgIpc) is 3.13. The molecule has 1 amide bonds. The number of hydrogen-bond acceptors (Lipinski definition) is 4. The minimum atomic E-state index is -0.500. The lowest BCUT2D eigenvalue weighted by Crippen LogP contribution is -2.30. The van der Waals surface area contributed by atoms with Gasteiger partial charge in [-0.15, -0.1) is 0 Å². The Labute approximate surface area is 153 Å². The summed E-state index contributed by atoms with van der Waals surface area (Å²) in [6.07, 6.45) is 1.41. The van der Waals surface area contributed by atoms with Gasteiger partial charge in [0.2, 0.25) is 5.75 Å². The summed E-state index contributed by atoms with van der Waals surface area (Å²) in [6, 6.07) is 11.0. The number of amides is 1. The molecule has 5 heteroatoms. The standard InChI is InChI=1S/C21H25NO4/c1-21(2,3)15-8-6-14(7-9-15)16-10-11-17(19(24)18(16)23)26-20(25)22-12-4-5-13-22/h6-11,23-24H,4-5,12-13H2,1-3H3. The van der Waals surface area contributed by atoms with Crippen molar-refractivity contribution in [3.05, 3.63) is 42.0 Å². The molecule has 2 aromatic carbocycles. The molecule has 1 aliphatic heterocycles. The molecule has 1 aliphatic rings. The third kappa shape index (κ3) is 3.62. The molecule has 3 rings (SSSR count). The zero-order chi connectivity index (χ0) is 18.9. The summed E-state index contributed by atoms with van der Waals surface area (Å²) in [5.74, 6) is -0.746. The van der Waals surface area contributed by atoms with Crippen LogP contribution in [0.5, 0.6) is 17.2 Å². The Bertz CT molecular complexity index is 800. The van der Waals surface area contributed by atoms with E-state index < -0.39 is 11.8 Å². The van der Waals surface area contributed by atoms with Crippen LogP contribution in [0.2, 0.25) is 0 Å². The van der Waals surface area contributed by atoms with Crippen LogP contribution >= 0.6 is 0 Å². The molecule has 1 heterocycles. The number of phenols is 2. The molecular formula is C21H25NO4.